The Balaban J connectivity index is 1.82. The van der Waals surface area contributed by atoms with Crippen LogP contribution in [0.4, 0.5) is 0 Å². The summed E-state index contributed by atoms with van der Waals surface area (Å²) in [6, 6.07) is 5.81. The number of rotatable bonds is 3. The fraction of sp³-hybridized carbons (Fsp3) is 0.611. The summed E-state index contributed by atoms with van der Waals surface area (Å²) < 4.78 is 5.42. The van der Waals surface area contributed by atoms with E-state index in [0.717, 1.165) is 42.6 Å². The smallest absolute Gasteiger partial charge is 0.247 e. The molecular formula is C18H27N3O2. The van der Waals surface area contributed by atoms with Crippen molar-refractivity contribution in [2.24, 2.45) is 11.5 Å². The Kier molecular flexibility index (Phi) is 4.10. The van der Waals surface area contributed by atoms with Gasteiger partial charge in [-0.3, -0.25) is 4.79 Å². The lowest BCUT2D eigenvalue weighted by atomic mass is 9.84. The molecule has 4 N–H and O–H groups in total. The van der Waals surface area contributed by atoms with Crippen molar-refractivity contribution in [2.75, 3.05) is 20.2 Å². The molecular weight excluding hydrogens is 290 g/mol. The van der Waals surface area contributed by atoms with E-state index in [9.17, 15) is 4.79 Å². The normalized spacial score (nSPS) is 26.0. The van der Waals surface area contributed by atoms with Crippen molar-refractivity contribution in [2.45, 2.75) is 50.1 Å². The predicted octanol–water partition coefficient (Wildman–Crippen LogP) is 1.53. The molecule has 5 nitrogen and oxygen atoms in total. The van der Waals surface area contributed by atoms with Crippen LogP contribution >= 0.6 is 0 Å². The van der Waals surface area contributed by atoms with Gasteiger partial charge in [0, 0.05) is 18.6 Å². The minimum Gasteiger partial charge on any atom is -0.496 e. The maximum absolute atomic E-state index is 13.1. The summed E-state index contributed by atoms with van der Waals surface area (Å²) in [4.78, 5) is 15.0. The van der Waals surface area contributed by atoms with Gasteiger partial charge in [0.1, 0.15) is 11.3 Å². The van der Waals surface area contributed by atoms with E-state index in [0.29, 0.717) is 19.5 Å². The lowest BCUT2D eigenvalue weighted by Gasteiger charge is -2.41. The average Bonchev–Trinajstić information content (AvgIpc) is 2.93. The number of nitrogens with zero attached hydrogens (tertiary/aromatic N) is 1. The number of ether oxygens (including phenoxy) is 1. The van der Waals surface area contributed by atoms with Crippen molar-refractivity contribution < 1.29 is 9.53 Å². The standard InChI is InChI=1S/C18H27N3O2/c1-3-17(19)9-11-21(12-10-17)16(22)18(20)8-7-13-14(18)5-4-6-15(13)23-2/h4-6H,3,7-12,19-20H2,1-2H3. The first kappa shape index (κ1) is 16.3. The average molecular weight is 317 g/mol. The Hall–Kier alpha value is -1.59. The largest absolute Gasteiger partial charge is 0.496 e. The summed E-state index contributed by atoms with van der Waals surface area (Å²) in [5.41, 5.74) is 13.9. The van der Waals surface area contributed by atoms with Crippen molar-refractivity contribution in [1.29, 1.82) is 0 Å². The molecule has 1 aliphatic carbocycles. The zero-order valence-electron chi connectivity index (χ0n) is 14.1. The monoisotopic (exact) mass is 317 g/mol. The number of fused-ring (bicyclic) bond motifs is 1. The van der Waals surface area contributed by atoms with Gasteiger partial charge < -0.3 is 21.1 Å². The van der Waals surface area contributed by atoms with Gasteiger partial charge in [0.15, 0.2) is 0 Å². The van der Waals surface area contributed by atoms with Crippen LogP contribution in [0.3, 0.4) is 0 Å². The third-order valence-electron chi connectivity index (χ3n) is 5.74. The Labute approximate surface area is 138 Å². The number of likely N-dealkylation sites (tertiary alicyclic amines) is 1. The quantitative estimate of drug-likeness (QED) is 0.886. The lowest BCUT2D eigenvalue weighted by molar-refractivity contribution is -0.139. The van der Waals surface area contributed by atoms with E-state index >= 15 is 0 Å². The molecule has 1 aliphatic heterocycles. The molecule has 1 aromatic carbocycles. The molecule has 1 saturated heterocycles. The number of hydrogen-bond acceptors (Lipinski definition) is 4. The summed E-state index contributed by atoms with van der Waals surface area (Å²) in [6.07, 6.45) is 4.06. The minimum absolute atomic E-state index is 0.0302. The number of piperidine rings is 1. The van der Waals surface area contributed by atoms with Crippen LogP contribution in [0.15, 0.2) is 18.2 Å². The van der Waals surface area contributed by atoms with Crippen molar-refractivity contribution >= 4 is 5.91 Å². The van der Waals surface area contributed by atoms with Gasteiger partial charge >= 0.3 is 0 Å². The highest BCUT2D eigenvalue weighted by Crippen LogP contribution is 2.41. The fourth-order valence-corrected chi connectivity index (χ4v) is 3.90. The van der Waals surface area contributed by atoms with Gasteiger partial charge in [-0.1, -0.05) is 19.1 Å². The molecule has 0 aromatic heterocycles. The molecule has 5 heteroatoms. The predicted molar refractivity (Wildman–Crippen MR) is 90.2 cm³/mol. The molecule has 0 bridgehead atoms. The third kappa shape index (κ3) is 2.62. The number of methoxy groups -OCH3 is 1. The number of benzene rings is 1. The van der Waals surface area contributed by atoms with Crippen LogP contribution < -0.4 is 16.2 Å². The van der Waals surface area contributed by atoms with E-state index in [1.165, 1.54) is 0 Å². The molecule has 1 unspecified atom stereocenters. The summed E-state index contributed by atoms with van der Waals surface area (Å²) in [7, 11) is 1.66. The van der Waals surface area contributed by atoms with E-state index in [2.05, 4.69) is 6.92 Å². The van der Waals surface area contributed by atoms with Gasteiger partial charge in [0.05, 0.1) is 7.11 Å². The molecule has 2 aliphatic rings. The van der Waals surface area contributed by atoms with Gasteiger partial charge in [-0.2, -0.15) is 0 Å². The van der Waals surface area contributed by atoms with Crippen molar-refractivity contribution in [3.05, 3.63) is 29.3 Å². The number of amides is 1. The van der Waals surface area contributed by atoms with Crippen LogP contribution in [0.5, 0.6) is 5.75 Å². The Morgan fingerprint density at radius 3 is 2.57 bits per heavy atom. The van der Waals surface area contributed by atoms with E-state index in [-0.39, 0.29) is 11.4 Å². The van der Waals surface area contributed by atoms with Crippen LogP contribution in [0.1, 0.15) is 43.7 Å². The topological polar surface area (TPSA) is 81.6 Å². The summed E-state index contributed by atoms with van der Waals surface area (Å²) in [5.74, 6) is 0.857. The van der Waals surface area contributed by atoms with Crippen LogP contribution in [0.2, 0.25) is 0 Å². The van der Waals surface area contributed by atoms with E-state index < -0.39 is 5.54 Å². The van der Waals surface area contributed by atoms with Crippen molar-refractivity contribution in [3.63, 3.8) is 0 Å². The highest BCUT2D eigenvalue weighted by Gasteiger charge is 2.46. The maximum Gasteiger partial charge on any atom is 0.247 e. The first-order valence-electron chi connectivity index (χ1n) is 8.47. The molecule has 1 heterocycles. The van der Waals surface area contributed by atoms with Gasteiger partial charge in [-0.15, -0.1) is 0 Å². The highest BCUT2D eigenvalue weighted by molar-refractivity contribution is 5.89. The van der Waals surface area contributed by atoms with E-state index in [1.807, 2.05) is 23.1 Å². The first-order chi connectivity index (χ1) is 10.9. The first-order valence-corrected chi connectivity index (χ1v) is 8.47. The third-order valence-corrected chi connectivity index (χ3v) is 5.74. The number of hydrogen-bond donors (Lipinski definition) is 2. The summed E-state index contributed by atoms with van der Waals surface area (Å²) in [6.45, 7) is 3.50. The maximum atomic E-state index is 13.1. The molecule has 1 fully saturated rings. The Morgan fingerprint density at radius 2 is 1.96 bits per heavy atom. The van der Waals surface area contributed by atoms with E-state index in [1.54, 1.807) is 7.11 Å². The van der Waals surface area contributed by atoms with Gasteiger partial charge in [0.2, 0.25) is 5.91 Å². The van der Waals surface area contributed by atoms with Gasteiger partial charge in [0.25, 0.3) is 0 Å². The Morgan fingerprint density at radius 1 is 1.26 bits per heavy atom. The highest BCUT2D eigenvalue weighted by atomic mass is 16.5. The number of carbonyl (C=O) groups is 1. The second-order valence-electron chi connectivity index (χ2n) is 6.97. The van der Waals surface area contributed by atoms with Gasteiger partial charge in [-0.25, -0.2) is 0 Å². The second-order valence-corrected chi connectivity index (χ2v) is 6.97. The molecule has 0 radical (unpaired) electrons. The van der Waals surface area contributed by atoms with Crippen molar-refractivity contribution in [3.8, 4) is 5.75 Å². The summed E-state index contributed by atoms with van der Waals surface area (Å²) in [5, 5.41) is 0. The zero-order valence-corrected chi connectivity index (χ0v) is 14.1. The van der Waals surface area contributed by atoms with Crippen molar-refractivity contribution in [1.82, 2.24) is 4.90 Å². The molecule has 1 atom stereocenters. The van der Waals surface area contributed by atoms with Crippen LogP contribution in [-0.2, 0) is 16.8 Å². The molecule has 0 saturated carbocycles. The summed E-state index contributed by atoms with van der Waals surface area (Å²) >= 11 is 0. The molecule has 1 aromatic rings. The Bertz CT molecular complexity index is 608. The van der Waals surface area contributed by atoms with Crippen LogP contribution in [0, 0.1) is 0 Å². The molecule has 23 heavy (non-hydrogen) atoms. The number of carbonyl (C=O) groups excluding carboxylic acids is 1. The van der Waals surface area contributed by atoms with Gasteiger partial charge in [-0.05, 0) is 49.3 Å². The molecule has 126 valence electrons. The van der Waals surface area contributed by atoms with Crippen LogP contribution in [0.25, 0.3) is 0 Å². The fourth-order valence-electron chi connectivity index (χ4n) is 3.90. The minimum atomic E-state index is -0.926. The lowest BCUT2D eigenvalue weighted by Crippen LogP contribution is -2.57. The molecule has 0 spiro atoms. The zero-order chi connectivity index (χ0) is 16.7. The SMILES string of the molecule is CCC1(N)CCN(C(=O)C2(N)CCc3c(OC)cccc32)CC1. The molecule has 3 rings (SSSR count). The number of nitrogens with two attached hydrogens (primary N) is 2. The van der Waals surface area contributed by atoms with Crippen LogP contribution in [-0.4, -0.2) is 36.5 Å². The second kappa shape index (κ2) is 5.80. The molecule has 1 amide bonds. The van der Waals surface area contributed by atoms with E-state index in [4.69, 9.17) is 16.2 Å².